The maximum Gasteiger partial charge on any atom is 0.387 e. The normalized spacial score (nSPS) is 11.5. The summed E-state index contributed by atoms with van der Waals surface area (Å²) in [7, 11) is -4.17. The molecule has 9 heteroatoms. The highest BCUT2D eigenvalue weighted by molar-refractivity contribution is 7.92. The highest BCUT2D eigenvalue weighted by atomic mass is 35.5. The molecule has 0 fully saturated rings. The molecule has 0 amide bonds. The van der Waals surface area contributed by atoms with E-state index in [1.807, 2.05) is 0 Å². The minimum Gasteiger partial charge on any atom is -0.433 e. The predicted octanol–water partition coefficient (Wildman–Crippen LogP) is 3.88. The fourth-order valence-electron chi connectivity index (χ4n) is 1.63. The van der Waals surface area contributed by atoms with E-state index in [1.165, 1.54) is 18.2 Å². The molecule has 0 heterocycles. The smallest absolute Gasteiger partial charge is 0.387 e. The van der Waals surface area contributed by atoms with E-state index in [0.29, 0.717) is 0 Å². The lowest BCUT2D eigenvalue weighted by molar-refractivity contribution is -0.0497. The molecule has 2 rings (SSSR count). The molecule has 0 radical (unpaired) electrons. The van der Waals surface area contributed by atoms with Crippen molar-refractivity contribution in [2.75, 3.05) is 4.72 Å². The SMILES string of the molecule is O=S(=O)(Nc1ccc(OC(F)F)c(Cl)c1)c1ccccc1F. The minimum atomic E-state index is -4.17. The van der Waals surface area contributed by atoms with Gasteiger partial charge in [0.15, 0.2) is 0 Å². The van der Waals surface area contributed by atoms with Gasteiger partial charge < -0.3 is 4.74 Å². The third kappa shape index (κ3) is 3.83. The van der Waals surface area contributed by atoms with Crippen LogP contribution in [-0.2, 0) is 10.0 Å². The molecule has 0 aliphatic carbocycles. The van der Waals surface area contributed by atoms with Crippen molar-refractivity contribution in [3.05, 3.63) is 53.3 Å². The number of hydrogen-bond acceptors (Lipinski definition) is 3. The predicted molar refractivity (Wildman–Crippen MR) is 75.3 cm³/mol. The molecule has 2 aromatic rings. The summed E-state index contributed by atoms with van der Waals surface area (Å²) in [5.74, 6) is -1.22. The Morgan fingerprint density at radius 3 is 2.41 bits per heavy atom. The van der Waals surface area contributed by atoms with Crippen LogP contribution in [0.15, 0.2) is 47.4 Å². The molecule has 0 saturated heterocycles. The third-order valence-electron chi connectivity index (χ3n) is 2.53. The number of anilines is 1. The van der Waals surface area contributed by atoms with Gasteiger partial charge in [-0.3, -0.25) is 4.72 Å². The summed E-state index contributed by atoms with van der Waals surface area (Å²) < 4.78 is 68.1. The number of ether oxygens (including phenoxy) is 1. The Kier molecular flexibility index (Phi) is 4.82. The van der Waals surface area contributed by atoms with Gasteiger partial charge in [-0.15, -0.1) is 0 Å². The van der Waals surface area contributed by atoms with Gasteiger partial charge in [-0.1, -0.05) is 23.7 Å². The summed E-state index contributed by atoms with van der Waals surface area (Å²) in [6.07, 6.45) is 0. The Morgan fingerprint density at radius 1 is 1.14 bits per heavy atom. The van der Waals surface area contributed by atoms with Gasteiger partial charge >= 0.3 is 6.61 Å². The van der Waals surface area contributed by atoms with Gasteiger partial charge in [-0.25, -0.2) is 12.8 Å². The number of nitrogens with one attached hydrogen (secondary N) is 1. The summed E-state index contributed by atoms with van der Waals surface area (Å²) in [6, 6.07) is 8.13. The van der Waals surface area contributed by atoms with E-state index < -0.39 is 27.3 Å². The van der Waals surface area contributed by atoms with Crippen molar-refractivity contribution in [2.24, 2.45) is 0 Å². The lowest BCUT2D eigenvalue weighted by atomic mass is 10.3. The van der Waals surface area contributed by atoms with E-state index in [4.69, 9.17) is 11.6 Å². The largest absolute Gasteiger partial charge is 0.433 e. The van der Waals surface area contributed by atoms with E-state index in [9.17, 15) is 21.6 Å². The second-order valence-corrected chi connectivity index (χ2v) is 6.12. The van der Waals surface area contributed by atoms with Gasteiger partial charge in [0.25, 0.3) is 10.0 Å². The molecule has 0 spiro atoms. The van der Waals surface area contributed by atoms with Gasteiger partial charge in [-0.2, -0.15) is 8.78 Å². The molecule has 22 heavy (non-hydrogen) atoms. The Balaban J connectivity index is 2.27. The van der Waals surface area contributed by atoms with Gasteiger partial charge in [0.2, 0.25) is 0 Å². The first-order valence-electron chi connectivity index (χ1n) is 5.81. The highest BCUT2D eigenvalue weighted by Gasteiger charge is 2.19. The first-order valence-corrected chi connectivity index (χ1v) is 7.67. The zero-order valence-electron chi connectivity index (χ0n) is 10.8. The minimum absolute atomic E-state index is 0.0186. The Morgan fingerprint density at radius 2 is 1.82 bits per heavy atom. The van der Waals surface area contributed by atoms with Gasteiger partial charge in [0.05, 0.1) is 10.7 Å². The fraction of sp³-hybridized carbons (Fsp3) is 0.0769. The lowest BCUT2D eigenvalue weighted by Gasteiger charge is -2.11. The highest BCUT2D eigenvalue weighted by Crippen LogP contribution is 2.30. The summed E-state index contributed by atoms with van der Waals surface area (Å²) >= 11 is 5.71. The first kappa shape index (κ1) is 16.4. The van der Waals surface area contributed by atoms with Crippen molar-refractivity contribution in [2.45, 2.75) is 11.5 Å². The van der Waals surface area contributed by atoms with Gasteiger partial charge in [-0.05, 0) is 30.3 Å². The zero-order valence-corrected chi connectivity index (χ0v) is 12.3. The molecular weight excluding hydrogens is 343 g/mol. The van der Waals surface area contributed by atoms with Crippen LogP contribution in [0.25, 0.3) is 0 Å². The second-order valence-electron chi connectivity index (χ2n) is 4.06. The lowest BCUT2D eigenvalue weighted by Crippen LogP contribution is -2.14. The van der Waals surface area contributed by atoms with E-state index in [1.54, 1.807) is 0 Å². The van der Waals surface area contributed by atoms with E-state index in [0.717, 1.165) is 24.3 Å². The van der Waals surface area contributed by atoms with Crippen molar-refractivity contribution in [1.82, 2.24) is 0 Å². The molecule has 0 atom stereocenters. The number of benzene rings is 2. The van der Waals surface area contributed by atoms with Crippen LogP contribution in [0, 0.1) is 5.82 Å². The Bertz CT molecular complexity index is 784. The van der Waals surface area contributed by atoms with Crippen LogP contribution in [0.1, 0.15) is 0 Å². The quantitative estimate of drug-likeness (QED) is 0.889. The van der Waals surface area contributed by atoms with E-state index in [-0.39, 0.29) is 16.5 Å². The topological polar surface area (TPSA) is 55.4 Å². The molecule has 4 nitrogen and oxygen atoms in total. The molecule has 0 aromatic heterocycles. The molecule has 1 N–H and O–H groups in total. The monoisotopic (exact) mass is 351 g/mol. The molecule has 0 aliphatic heterocycles. The molecular formula is C13H9ClF3NO3S. The van der Waals surface area contributed by atoms with Crippen molar-refractivity contribution in [3.8, 4) is 5.75 Å². The maximum atomic E-state index is 13.5. The first-order chi connectivity index (χ1) is 10.3. The van der Waals surface area contributed by atoms with Crippen molar-refractivity contribution >= 4 is 27.3 Å². The third-order valence-corrected chi connectivity index (χ3v) is 4.24. The number of rotatable bonds is 5. The standard InChI is InChI=1S/C13H9ClF3NO3S/c14-9-7-8(5-6-11(9)21-13(16)17)18-22(19,20)12-4-2-1-3-10(12)15/h1-7,13,18H. The zero-order chi connectivity index (χ0) is 16.3. The average Bonchev–Trinajstić information content (AvgIpc) is 2.41. The second kappa shape index (κ2) is 6.45. The van der Waals surface area contributed by atoms with Gasteiger partial charge in [0, 0.05) is 0 Å². The number of sulfonamides is 1. The van der Waals surface area contributed by atoms with Crippen LogP contribution in [0.3, 0.4) is 0 Å². The molecule has 0 unspecified atom stereocenters. The fourth-order valence-corrected chi connectivity index (χ4v) is 2.98. The van der Waals surface area contributed by atoms with Crippen molar-refractivity contribution < 1.29 is 26.3 Å². The van der Waals surface area contributed by atoms with Crippen LogP contribution in [0.5, 0.6) is 5.75 Å². The Hall–Kier alpha value is -1.93. The van der Waals surface area contributed by atoms with Crippen LogP contribution >= 0.6 is 11.6 Å². The summed E-state index contributed by atoms with van der Waals surface area (Å²) in [5, 5.41) is -0.214. The number of halogens is 4. The van der Waals surface area contributed by atoms with Crippen molar-refractivity contribution in [3.63, 3.8) is 0 Å². The summed E-state index contributed by atoms with van der Waals surface area (Å²) in [5.41, 5.74) is -0.0186. The summed E-state index contributed by atoms with van der Waals surface area (Å²) in [4.78, 5) is -0.543. The maximum absolute atomic E-state index is 13.5. The van der Waals surface area contributed by atoms with Crippen LogP contribution < -0.4 is 9.46 Å². The van der Waals surface area contributed by atoms with Crippen molar-refractivity contribution in [1.29, 1.82) is 0 Å². The molecule has 0 bridgehead atoms. The number of alkyl halides is 2. The van der Waals surface area contributed by atoms with E-state index in [2.05, 4.69) is 9.46 Å². The van der Waals surface area contributed by atoms with Gasteiger partial charge in [0.1, 0.15) is 16.5 Å². The molecule has 2 aromatic carbocycles. The van der Waals surface area contributed by atoms with Crippen LogP contribution in [0.2, 0.25) is 5.02 Å². The van der Waals surface area contributed by atoms with E-state index >= 15 is 0 Å². The van der Waals surface area contributed by atoms with Crippen LogP contribution in [-0.4, -0.2) is 15.0 Å². The average molecular weight is 352 g/mol. The molecule has 0 aliphatic rings. The molecule has 118 valence electrons. The molecule has 0 saturated carbocycles. The van der Waals surface area contributed by atoms with Crippen LogP contribution in [0.4, 0.5) is 18.9 Å². The summed E-state index contributed by atoms with van der Waals surface area (Å²) in [6.45, 7) is -3.06. The number of hydrogen-bond donors (Lipinski definition) is 1. The Labute approximate surface area is 129 Å².